The van der Waals surface area contributed by atoms with Gasteiger partial charge in [0.05, 0.1) is 51.7 Å². The summed E-state index contributed by atoms with van der Waals surface area (Å²) in [6.07, 6.45) is 1.04. The molecule has 0 aromatic carbocycles. The lowest BCUT2D eigenvalue weighted by Gasteiger charge is -2.59. The van der Waals surface area contributed by atoms with Gasteiger partial charge in [-0.1, -0.05) is 16.9 Å². The molecule has 122 valence electrons. The topological polar surface area (TPSA) is 51.2 Å². The molecule has 0 amide bonds. The van der Waals surface area contributed by atoms with Crippen molar-refractivity contribution in [3.05, 3.63) is 11.6 Å². The van der Waals surface area contributed by atoms with Gasteiger partial charge in [0.1, 0.15) is 7.85 Å². The molecule has 1 aliphatic heterocycles. The molecule has 4 atom stereocenters. The van der Waals surface area contributed by atoms with Crippen molar-refractivity contribution in [3.8, 4) is 0 Å². The molecule has 2 fully saturated rings. The van der Waals surface area contributed by atoms with E-state index in [1.165, 1.54) is 7.11 Å². The zero-order valence-corrected chi connectivity index (χ0v) is 14.8. The van der Waals surface area contributed by atoms with E-state index in [1.54, 1.807) is 0 Å². The maximum absolute atomic E-state index is 10.6. The highest BCUT2D eigenvalue weighted by atomic mass is 16.6. The Kier molecular flexibility index (Phi) is 4.93. The second-order valence-electron chi connectivity index (χ2n) is 7.73. The van der Waals surface area contributed by atoms with E-state index in [9.17, 15) is 5.11 Å². The van der Waals surface area contributed by atoms with Crippen molar-refractivity contribution >= 4 is 23.5 Å². The van der Waals surface area contributed by atoms with E-state index in [0.29, 0.717) is 19.6 Å². The summed E-state index contributed by atoms with van der Waals surface area (Å²) >= 11 is 0. The first-order valence-corrected chi connectivity index (χ1v) is 7.92. The fourth-order valence-electron chi connectivity index (χ4n) is 3.98. The highest BCUT2D eigenvalue weighted by Crippen LogP contribution is 2.61. The molecule has 1 N–H and O–H groups in total. The van der Waals surface area contributed by atoms with Crippen LogP contribution in [0, 0.1) is 5.92 Å². The van der Waals surface area contributed by atoms with Crippen LogP contribution in [0.15, 0.2) is 11.6 Å². The van der Waals surface area contributed by atoms with Crippen molar-refractivity contribution in [3.63, 3.8) is 0 Å². The Balaban J connectivity index is 2.35. The number of aliphatic hydroxyl groups excluding tert-OH is 1. The van der Waals surface area contributed by atoms with Gasteiger partial charge in [-0.2, -0.15) is 0 Å². The molecular formula is C16H25B3O4. The molecule has 1 spiro atoms. The second kappa shape index (κ2) is 5.94. The maximum Gasteiger partial charge on any atom is 0.117 e. The van der Waals surface area contributed by atoms with E-state index in [0.717, 1.165) is 5.57 Å². The zero-order valence-electron chi connectivity index (χ0n) is 14.8. The van der Waals surface area contributed by atoms with Crippen LogP contribution in [0.5, 0.6) is 0 Å². The summed E-state index contributed by atoms with van der Waals surface area (Å²) in [6, 6.07) is 0. The third-order valence-electron chi connectivity index (χ3n) is 5.03. The molecule has 1 saturated heterocycles. The molecule has 0 bridgehead atoms. The van der Waals surface area contributed by atoms with Gasteiger partial charge in [-0.05, 0) is 34.1 Å². The van der Waals surface area contributed by atoms with Crippen LogP contribution in [0.25, 0.3) is 0 Å². The lowest BCUT2D eigenvalue weighted by atomic mass is 9.36. The molecule has 2 aliphatic rings. The fourth-order valence-corrected chi connectivity index (χ4v) is 3.98. The van der Waals surface area contributed by atoms with Crippen molar-refractivity contribution in [2.45, 2.75) is 62.1 Å². The highest BCUT2D eigenvalue weighted by molar-refractivity contribution is 6.41. The Hall–Kier alpha value is -0.225. The van der Waals surface area contributed by atoms with Crippen LogP contribution in [-0.2, 0) is 14.2 Å². The summed E-state index contributed by atoms with van der Waals surface area (Å²) in [7, 11) is 20.0. The molecule has 0 aromatic heterocycles. The average Bonchev–Trinajstić information content (AvgIpc) is 3.14. The summed E-state index contributed by atoms with van der Waals surface area (Å²) in [6.45, 7) is 8.77. The molecule has 4 nitrogen and oxygen atoms in total. The molecule has 1 saturated carbocycles. The summed E-state index contributed by atoms with van der Waals surface area (Å²) < 4.78 is 17.3. The third-order valence-corrected chi connectivity index (χ3v) is 5.03. The van der Waals surface area contributed by atoms with Crippen molar-refractivity contribution < 1.29 is 19.3 Å². The van der Waals surface area contributed by atoms with Crippen LogP contribution >= 0.6 is 0 Å². The molecular weight excluding hydrogens is 289 g/mol. The maximum atomic E-state index is 10.6. The molecule has 0 aromatic rings. The Labute approximate surface area is 143 Å². The predicted molar refractivity (Wildman–Crippen MR) is 92.0 cm³/mol. The predicted octanol–water partition coefficient (Wildman–Crippen LogP) is 0.862. The molecule has 1 aliphatic carbocycles. The molecule has 1 heterocycles. The number of allylic oxidation sites excluding steroid dienone is 1. The van der Waals surface area contributed by atoms with Crippen LogP contribution in [0.3, 0.4) is 0 Å². The quantitative estimate of drug-likeness (QED) is 0.465. The van der Waals surface area contributed by atoms with Gasteiger partial charge in [-0.25, -0.2) is 0 Å². The van der Waals surface area contributed by atoms with E-state index in [-0.39, 0.29) is 0 Å². The number of epoxide rings is 1. The third kappa shape index (κ3) is 3.30. The normalized spacial score (nSPS) is 39.2. The summed E-state index contributed by atoms with van der Waals surface area (Å²) in [5, 5.41) is 9.26. The first-order chi connectivity index (χ1) is 10.4. The first-order valence-electron chi connectivity index (χ1n) is 7.92. The summed E-state index contributed by atoms with van der Waals surface area (Å²) in [5.74, 6) is -0.423. The first kappa shape index (κ1) is 19.1. The Bertz CT molecular complexity index is 484. The van der Waals surface area contributed by atoms with Crippen LogP contribution in [-0.4, -0.2) is 71.8 Å². The summed E-state index contributed by atoms with van der Waals surface area (Å²) in [4.78, 5) is 0. The van der Waals surface area contributed by atoms with Gasteiger partial charge in [-0.15, -0.1) is 0 Å². The highest BCUT2D eigenvalue weighted by Gasteiger charge is 2.70. The minimum absolute atomic E-state index is 0.295. The van der Waals surface area contributed by atoms with Crippen LogP contribution < -0.4 is 0 Å². The van der Waals surface area contributed by atoms with Gasteiger partial charge in [0.2, 0.25) is 0 Å². The van der Waals surface area contributed by atoms with Crippen molar-refractivity contribution in [2.75, 3.05) is 20.3 Å². The molecule has 6 radical (unpaired) electrons. The standard InChI is InChI=1S/C16H25B3O4/c1-10(2)6-7-22-13(3,4)11-14(9-23-14)8-15(17,18)12(20)16(11,19)21-5/h6,11-12,20H,7-9H2,1-5H3/t11-,12-,14+,16+/m1/s1. The van der Waals surface area contributed by atoms with Gasteiger partial charge in [0.25, 0.3) is 0 Å². The van der Waals surface area contributed by atoms with E-state index in [2.05, 4.69) is 0 Å². The number of ether oxygens (including phenoxy) is 3. The van der Waals surface area contributed by atoms with Crippen LogP contribution in [0.2, 0.25) is 5.21 Å². The lowest BCUT2D eigenvalue weighted by Crippen LogP contribution is -2.70. The van der Waals surface area contributed by atoms with E-state index in [4.69, 9.17) is 37.7 Å². The minimum atomic E-state index is -1.47. The molecule has 7 heteroatoms. The Morgan fingerprint density at radius 1 is 1.35 bits per heavy atom. The number of rotatable bonds is 5. The largest absolute Gasteiger partial charge is 0.392 e. The fraction of sp³-hybridized carbons (Fsp3) is 0.875. The van der Waals surface area contributed by atoms with Gasteiger partial charge < -0.3 is 19.3 Å². The Morgan fingerprint density at radius 3 is 2.35 bits per heavy atom. The summed E-state index contributed by atoms with van der Waals surface area (Å²) in [5.41, 5.74) is -1.64. The van der Waals surface area contributed by atoms with Crippen LogP contribution in [0.1, 0.15) is 34.1 Å². The number of hydrogen-bond acceptors (Lipinski definition) is 4. The SMILES string of the molecule is [B]C1([B])C[C@]2(CO2)[C@@H](C(C)(C)OCC=C(C)C)[C@]([B])(OC)[C@@H]1O. The number of hydrogen-bond donors (Lipinski definition) is 1. The Morgan fingerprint density at radius 2 is 1.91 bits per heavy atom. The monoisotopic (exact) mass is 314 g/mol. The zero-order chi connectivity index (χ0) is 17.7. The number of methoxy groups -OCH3 is 1. The van der Waals surface area contributed by atoms with Gasteiger partial charge in [-0.3, -0.25) is 0 Å². The van der Waals surface area contributed by atoms with Gasteiger partial charge in [0, 0.05) is 13.0 Å². The molecule has 23 heavy (non-hydrogen) atoms. The van der Waals surface area contributed by atoms with Gasteiger partial charge >= 0.3 is 0 Å². The molecule has 0 unspecified atom stereocenters. The minimum Gasteiger partial charge on any atom is -0.392 e. The lowest BCUT2D eigenvalue weighted by molar-refractivity contribution is -0.196. The van der Waals surface area contributed by atoms with Gasteiger partial charge in [0.15, 0.2) is 0 Å². The van der Waals surface area contributed by atoms with E-state index >= 15 is 0 Å². The van der Waals surface area contributed by atoms with Crippen molar-refractivity contribution in [1.82, 2.24) is 0 Å². The average molecular weight is 314 g/mol. The second-order valence-corrected chi connectivity index (χ2v) is 7.73. The van der Waals surface area contributed by atoms with E-state index < -0.39 is 33.9 Å². The number of aliphatic hydroxyl groups is 1. The smallest absolute Gasteiger partial charge is 0.117 e. The molecule has 2 rings (SSSR count). The van der Waals surface area contributed by atoms with Crippen molar-refractivity contribution in [1.29, 1.82) is 0 Å². The van der Waals surface area contributed by atoms with E-state index in [1.807, 2.05) is 33.8 Å². The van der Waals surface area contributed by atoms with Crippen LogP contribution in [0.4, 0.5) is 0 Å². The van der Waals surface area contributed by atoms with Crippen molar-refractivity contribution in [2.24, 2.45) is 5.92 Å².